The van der Waals surface area contributed by atoms with Crippen molar-refractivity contribution < 1.29 is 9.59 Å². The predicted molar refractivity (Wildman–Crippen MR) is 128 cm³/mol. The Morgan fingerprint density at radius 1 is 0.968 bits per heavy atom. The molecule has 3 aromatic rings. The van der Waals surface area contributed by atoms with E-state index in [1.54, 1.807) is 48.0 Å². The minimum atomic E-state index is -0.282. The number of thioether (sulfide) groups is 1. The Morgan fingerprint density at radius 2 is 1.61 bits per heavy atom. The second-order valence-electron chi connectivity index (χ2n) is 6.28. The van der Waals surface area contributed by atoms with Crippen molar-refractivity contribution in [1.82, 2.24) is 14.8 Å². The summed E-state index contributed by atoms with van der Waals surface area (Å²) in [4.78, 5) is 24.5. The van der Waals surface area contributed by atoms with Crippen LogP contribution in [0, 0.1) is 0 Å². The summed E-state index contributed by atoms with van der Waals surface area (Å²) in [6.45, 7) is 0. The van der Waals surface area contributed by atoms with Crippen molar-refractivity contribution in [3.63, 3.8) is 0 Å². The van der Waals surface area contributed by atoms with E-state index < -0.39 is 0 Å². The summed E-state index contributed by atoms with van der Waals surface area (Å²) in [5, 5.41) is 15.4. The van der Waals surface area contributed by atoms with Gasteiger partial charge in [-0.05, 0) is 52.3 Å². The Bertz CT molecular complexity index is 1140. The van der Waals surface area contributed by atoms with Gasteiger partial charge < -0.3 is 15.2 Å². The maximum absolute atomic E-state index is 12.3. The normalized spacial score (nSPS) is 10.7. The minimum absolute atomic E-state index is 0.00783. The molecule has 0 aliphatic carbocycles. The van der Waals surface area contributed by atoms with Crippen molar-refractivity contribution in [2.75, 3.05) is 16.4 Å². The van der Waals surface area contributed by atoms with Crippen LogP contribution in [0.1, 0.15) is 5.82 Å². The summed E-state index contributed by atoms with van der Waals surface area (Å²) in [5.41, 5.74) is 1.12. The zero-order valence-electron chi connectivity index (χ0n) is 16.0. The number of carbonyl (C=O) groups excluding carboxylic acids is 2. The van der Waals surface area contributed by atoms with Gasteiger partial charge in [0.25, 0.3) is 0 Å². The first-order valence-electron chi connectivity index (χ1n) is 8.74. The molecule has 3 rings (SSSR count). The van der Waals surface area contributed by atoms with Crippen LogP contribution in [0.15, 0.2) is 46.0 Å². The summed E-state index contributed by atoms with van der Waals surface area (Å²) >= 11 is 22.4. The van der Waals surface area contributed by atoms with Crippen molar-refractivity contribution in [3.8, 4) is 0 Å². The number of aromatic nitrogens is 3. The molecule has 0 aliphatic heterocycles. The van der Waals surface area contributed by atoms with Crippen LogP contribution in [0.3, 0.4) is 0 Å². The lowest BCUT2D eigenvalue weighted by Crippen LogP contribution is -2.17. The van der Waals surface area contributed by atoms with E-state index in [4.69, 9.17) is 34.8 Å². The van der Waals surface area contributed by atoms with E-state index in [0.717, 1.165) is 4.47 Å². The zero-order chi connectivity index (χ0) is 22.5. The molecule has 0 atom stereocenters. The molecule has 2 aromatic carbocycles. The number of nitrogens with zero attached hydrogens (tertiary/aromatic N) is 3. The van der Waals surface area contributed by atoms with E-state index in [9.17, 15) is 9.59 Å². The molecule has 0 saturated carbocycles. The van der Waals surface area contributed by atoms with Crippen LogP contribution in [0.25, 0.3) is 0 Å². The van der Waals surface area contributed by atoms with Crippen LogP contribution >= 0.6 is 62.5 Å². The molecule has 31 heavy (non-hydrogen) atoms. The van der Waals surface area contributed by atoms with Gasteiger partial charge in [-0.3, -0.25) is 9.59 Å². The Morgan fingerprint density at radius 3 is 2.29 bits per heavy atom. The molecule has 0 saturated heterocycles. The van der Waals surface area contributed by atoms with Crippen molar-refractivity contribution in [2.24, 2.45) is 7.05 Å². The molecule has 0 spiro atoms. The van der Waals surface area contributed by atoms with Gasteiger partial charge in [-0.25, -0.2) is 0 Å². The number of anilines is 2. The molecule has 0 bridgehead atoms. The number of rotatable bonds is 7. The van der Waals surface area contributed by atoms with E-state index in [2.05, 4.69) is 36.8 Å². The second-order valence-corrected chi connectivity index (χ2v) is 9.30. The maximum Gasteiger partial charge on any atom is 0.234 e. The average Bonchev–Trinajstić information content (AvgIpc) is 3.05. The molecule has 1 heterocycles. The van der Waals surface area contributed by atoms with Crippen LogP contribution in [-0.2, 0) is 23.1 Å². The number of hydrogen-bond donors (Lipinski definition) is 2. The van der Waals surface area contributed by atoms with Crippen LogP contribution in [0.4, 0.5) is 11.4 Å². The molecule has 2 amide bonds. The summed E-state index contributed by atoms with van der Waals surface area (Å²) < 4.78 is 2.42. The van der Waals surface area contributed by atoms with E-state index in [1.165, 1.54) is 11.8 Å². The monoisotopic (exact) mass is 561 g/mol. The molecule has 0 fully saturated rings. The largest absolute Gasteiger partial charge is 0.326 e. The maximum atomic E-state index is 12.3. The van der Waals surface area contributed by atoms with Crippen LogP contribution in [-0.4, -0.2) is 32.3 Å². The zero-order valence-corrected chi connectivity index (χ0v) is 20.6. The van der Waals surface area contributed by atoms with E-state index in [1.807, 2.05) is 0 Å². The number of benzene rings is 2. The number of nitrogens with one attached hydrogen (secondary N) is 2. The second kappa shape index (κ2) is 10.7. The number of amides is 2. The molecule has 7 nitrogen and oxygen atoms in total. The van der Waals surface area contributed by atoms with Gasteiger partial charge in [0.2, 0.25) is 11.8 Å². The highest BCUT2D eigenvalue weighted by Crippen LogP contribution is 2.26. The SMILES string of the molecule is Cn1c(CC(=O)Nc2ccc(Cl)c(Cl)c2)nnc1SCC(=O)Nc1ccc(Br)c(Cl)c1. The van der Waals surface area contributed by atoms with Crippen LogP contribution < -0.4 is 10.6 Å². The Hall–Kier alpha value is -1.78. The number of halogens is 4. The van der Waals surface area contributed by atoms with Crippen molar-refractivity contribution in [3.05, 3.63) is 61.8 Å². The summed E-state index contributed by atoms with van der Waals surface area (Å²) in [5.74, 6) is 0.0792. The quantitative estimate of drug-likeness (QED) is 0.373. The molecule has 12 heteroatoms. The molecule has 162 valence electrons. The number of carbonyl (C=O) groups is 2. The molecular weight excluding hydrogens is 549 g/mol. The highest BCUT2D eigenvalue weighted by atomic mass is 79.9. The van der Waals surface area contributed by atoms with Gasteiger partial charge in [0.05, 0.1) is 27.2 Å². The highest BCUT2D eigenvalue weighted by molar-refractivity contribution is 9.10. The fourth-order valence-corrected chi connectivity index (χ4v) is 3.90. The Labute approximate surface area is 206 Å². The standard InChI is InChI=1S/C19H15BrCl3N5O2S/c1-28-16(8-17(29)24-11-3-5-13(21)15(23)7-11)26-27-19(28)31-9-18(30)25-10-2-4-12(20)14(22)6-10/h2-7H,8-9H2,1H3,(H,24,29)(H,25,30). The van der Waals surface area contributed by atoms with Crippen LogP contribution in [0.2, 0.25) is 15.1 Å². The van der Waals surface area contributed by atoms with Gasteiger partial charge in [-0.2, -0.15) is 0 Å². The van der Waals surface area contributed by atoms with Gasteiger partial charge in [-0.15, -0.1) is 10.2 Å². The minimum Gasteiger partial charge on any atom is -0.326 e. The highest BCUT2D eigenvalue weighted by Gasteiger charge is 2.15. The third-order valence-electron chi connectivity index (χ3n) is 3.98. The van der Waals surface area contributed by atoms with Gasteiger partial charge in [0.1, 0.15) is 5.82 Å². The molecule has 0 unspecified atom stereocenters. The smallest absolute Gasteiger partial charge is 0.234 e. The summed E-state index contributed by atoms with van der Waals surface area (Å²) in [6, 6.07) is 9.97. The van der Waals surface area contributed by atoms with E-state index in [-0.39, 0.29) is 24.0 Å². The molecule has 0 aliphatic rings. The first-order valence-corrected chi connectivity index (χ1v) is 11.6. The van der Waals surface area contributed by atoms with Crippen molar-refractivity contribution >= 4 is 85.7 Å². The molecule has 0 radical (unpaired) electrons. The summed E-state index contributed by atoms with van der Waals surface area (Å²) in [7, 11) is 1.73. The Balaban J connectivity index is 1.54. The molecule has 1 aromatic heterocycles. The van der Waals surface area contributed by atoms with Gasteiger partial charge >= 0.3 is 0 Å². The summed E-state index contributed by atoms with van der Waals surface area (Å²) in [6.07, 6.45) is 0.00783. The first kappa shape index (κ1) is 23.9. The van der Waals surface area contributed by atoms with Crippen molar-refractivity contribution in [1.29, 1.82) is 0 Å². The van der Waals surface area contributed by atoms with Gasteiger partial charge in [-0.1, -0.05) is 46.6 Å². The van der Waals surface area contributed by atoms with Crippen molar-refractivity contribution in [2.45, 2.75) is 11.6 Å². The fraction of sp³-hybridized carbons (Fsp3) is 0.158. The molecule has 2 N–H and O–H groups in total. The predicted octanol–water partition coefficient (Wildman–Crippen LogP) is 5.45. The van der Waals surface area contributed by atoms with Gasteiger partial charge in [0.15, 0.2) is 5.16 Å². The molecular formula is C19H15BrCl3N5O2S. The average molecular weight is 564 g/mol. The lowest BCUT2D eigenvalue weighted by Gasteiger charge is -2.07. The lowest BCUT2D eigenvalue weighted by molar-refractivity contribution is -0.116. The third-order valence-corrected chi connectivity index (χ3v) is 6.97. The van der Waals surface area contributed by atoms with E-state index >= 15 is 0 Å². The van der Waals surface area contributed by atoms with Gasteiger partial charge in [0, 0.05) is 22.9 Å². The lowest BCUT2D eigenvalue weighted by atomic mass is 10.3. The number of hydrogen-bond acceptors (Lipinski definition) is 5. The Kier molecular flexibility index (Phi) is 8.23. The topological polar surface area (TPSA) is 88.9 Å². The van der Waals surface area contributed by atoms with E-state index in [0.29, 0.717) is 37.4 Å². The first-order chi connectivity index (χ1) is 14.7. The van der Waals surface area contributed by atoms with Crippen LogP contribution in [0.5, 0.6) is 0 Å². The third kappa shape index (κ3) is 6.60. The fourth-order valence-electron chi connectivity index (χ4n) is 2.45.